The van der Waals surface area contributed by atoms with E-state index in [-0.39, 0.29) is 5.91 Å². The van der Waals surface area contributed by atoms with Gasteiger partial charge in [-0.2, -0.15) is 0 Å². The van der Waals surface area contributed by atoms with Crippen LogP contribution in [0.25, 0.3) is 0 Å². The molecule has 1 aromatic rings. The van der Waals surface area contributed by atoms with Crippen molar-refractivity contribution in [2.75, 3.05) is 6.54 Å². The Morgan fingerprint density at radius 1 is 1.22 bits per heavy atom. The molecule has 0 aliphatic heterocycles. The van der Waals surface area contributed by atoms with Gasteiger partial charge in [0.15, 0.2) is 0 Å². The lowest BCUT2D eigenvalue weighted by Gasteiger charge is -2.17. The molecule has 0 bridgehead atoms. The fourth-order valence-electron chi connectivity index (χ4n) is 1.81. The largest absolute Gasteiger partial charge is 0.381 e. The standard InChI is InChI=1S/C15H23NO2/c1-10-6-7-13(12(3)11(10)2)8-9-16-14(17)15(4,5)18/h6-7,18H,8-9H2,1-5H3,(H,16,17). The van der Waals surface area contributed by atoms with Crippen molar-refractivity contribution in [1.82, 2.24) is 5.32 Å². The topological polar surface area (TPSA) is 49.3 Å². The van der Waals surface area contributed by atoms with Crippen LogP contribution in [0.5, 0.6) is 0 Å². The minimum absolute atomic E-state index is 0.330. The molecule has 0 unspecified atom stereocenters. The molecule has 2 N–H and O–H groups in total. The van der Waals surface area contributed by atoms with Crippen molar-refractivity contribution in [3.8, 4) is 0 Å². The number of nitrogens with one attached hydrogen (secondary N) is 1. The number of aliphatic hydroxyl groups is 1. The minimum atomic E-state index is -1.31. The van der Waals surface area contributed by atoms with Gasteiger partial charge in [0.2, 0.25) is 0 Å². The van der Waals surface area contributed by atoms with Crippen molar-refractivity contribution in [2.24, 2.45) is 0 Å². The maximum absolute atomic E-state index is 11.5. The molecule has 1 rings (SSSR count). The Morgan fingerprint density at radius 3 is 2.39 bits per heavy atom. The highest BCUT2D eigenvalue weighted by atomic mass is 16.3. The first-order chi connectivity index (χ1) is 8.23. The van der Waals surface area contributed by atoms with E-state index in [1.54, 1.807) is 0 Å². The van der Waals surface area contributed by atoms with Gasteiger partial charge >= 0.3 is 0 Å². The Kier molecular flexibility index (Phi) is 4.52. The van der Waals surface area contributed by atoms with Crippen LogP contribution in [-0.2, 0) is 11.2 Å². The van der Waals surface area contributed by atoms with E-state index in [9.17, 15) is 9.90 Å². The molecule has 100 valence electrons. The van der Waals surface area contributed by atoms with E-state index in [0.717, 1.165) is 6.42 Å². The highest BCUT2D eigenvalue weighted by Gasteiger charge is 2.22. The first kappa shape index (κ1) is 14.7. The number of rotatable bonds is 4. The zero-order valence-corrected chi connectivity index (χ0v) is 11.9. The maximum atomic E-state index is 11.5. The van der Waals surface area contributed by atoms with Crippen LogP contribution in [0.4, 0.5) is 0 Å². The lowest BCUT2D eigenvalue weighted by Crippen LogP contribution is -2.42. The Hall–Kier alpha value is -1.35. The summed E-state index contributed by atoms with van der Waals surface area (Å²) in [5.41, 5.74) is 3.82. The normalized spacial score (nSPS) is 11.4. The van der Waals surface area contributed by atoms with Crippen molar-refractivity contribution in [1.29, 1.82) is 0 Å². The molecule has 1 aromatic carbocycles. The summed E-state index contributed by atoms with van der Waals surface area (Å²) in [6.07, 6.45) is 0.786. The van der Waals surface area contributed by atoms with E-state index < -0.39 is 5.60 Å². The molecule has 0 fully saturated rings. The minimum Gasteiger partial charge on any atom is -0.381 e. The Balaban J connectivity index is 2.61. The molecule has 3 heteroatoms. The number of carbonyl (C=O) groups excluding carboxylic acids is 1. The zero-order valence-electron chi connectivity index (χ0n) is 11.9. The average Bonchev–Trinajstić information content (AvgIpc) is 2.27. The van der Waals surface area contributed by atoms with Crippen molar-refractivity contribution < 1.29 is 9.90 Å². The molecule has 0 atom stereocenters. The number of aryl methyl sites for hydroxylation is 1. The number of amides is 1. The molecule has 0 saturated heterocycles. The number of benzene rings is 1. The lowest BCUT2D eigenvalue weighted by atomic mass is 9.97. The van der Waals surface area contributed by atoms with Crippen LogP contribution in [0.2, 0.25) is 0 Å². The monoisotopic (exact) mass is 249 g/mol. The first-order valence-electron chi connectivity index (χ1n) is 6.30. The predicted octanol–water partition coefficient (Wildman–Crippen LogP) is 2.04. The summed E-state index contributed by atoms with van der Waals surface area (Å²) >= 11 is 0. The highest BCUT2D eigenvalue weighted by molar-refractivity contribution is 5.83. The van der Waals surface area contributed by atoms with E-state index in [1.165, 1.54) is 36.1 Å². The van der Waals surface area contributed by atoms with Crippen molar-refractivity contribution in [3.63, 3.8) is 0 Å². The van der Waals surface area contributed by atoms with Crippen LogP contribution in [0.1, 0.15) is 36.1 Å². The molecular formula is C15H23NO2. The van der Waals surface area contributed by atoms with Gasteiger partial charge < -0.3 is 10.4 Å². The fraction of sp³-hybridized carbons (Fsp3) is 0.533. The van der Waals surface area contributed by atoms with Crippen molar-refractivity contribution >= 4 is 5.91 Å². The van der Waals surface area contributed by atoms with E-state index in [0.29, 0.717) is 6.54 Å². The SMILES string of the molecule is Cc1ccc(CCNC(=O)C(C)(C)O)c(C)c1C. The highest BCUT2D eigenvalue weighted by Crippen LogP contribution is 2.17. The first-order valence-corrected chi connectivity index (χ1v) is 6.30. The summed E-state index contributed by atoms with van der Waals surface area (Å²) in [4.78, 5) is 11.5. The van der Waals surface area contributed by atoms with Crippen LogP contribution < -0.4 is 5.32 Å². The van der Waals surface area contributed by atoms with Crippen molar-refractivity contribution in [3.05, 3.63) is 34.4 Å². The average molecular weight is 249 g/mol. The van der Waals surface area contributed by atoms with Crippen LogP contribution >= 0.6 is 0 Å². The Bertz CT molecular complexity index is 445. The summed E-state index contributed by atoms with van der Waals surface area (Å²) in [7, 11) is 0. The van der Waals surface area contributed by atoms with E-state index >= 15 is 0 Å². The second kappa shape index (κ2) is 5.53. The van der Waals surface area contributed by atoms with Crippen LogP contribution in [0.15, 0.2) is 12.1 Å². The van der Waals surface area contributed by atoms with Gasteiger partial charge in [0.05, 0.1) is 0 Å². The summed E-state index contributed by atoms with van der Waals surface area (Å²) < 4.78 is 0. The third-order valence-electron chi connectivity index (χ3n) is 3.41. The second-order valence-corrected chi connectivity index (χ2v) is 5.36. The molecule has 0 spiro atoms. The van der Waals surface area contributed by atoms with Crippen molar-refractivity contribution in [2.45, 2.75) is 46.6 Å². The summed E-state index contributed by atoms with van der Waals surface area (Å²) in [6.45, 7) is 9.85. The van der Waals surface area contributed by atoms with E-state index in [4.69, 9.17) is 0 Å². The van der Waals surface area contributed by atoms with E-state index in [1.807, 2.05) is 0 Å². The Labute approximate surface area is 109 Å². The molecule has 0 aliphatic carbocycles. The molecule has 0 aliphatic rings. The maximum Gasteiger partial charge on any atom is 0.251 e. The molecule has 3 nitrogen and oxygen atoms in total. The van der Waals surface area contributed by atoms with Crippen LogP contribution in [-0.4, -0.2) is 23.2 Å². The quantitative estimate of drug-likeness (QED) is 0.858. The molecule has 18 heavy (non-hydrogen) atoms. The van der Waals surface area contributed by atoms with Gasteiger partial charge in [-0.15, -0.1) is 0 Å². The van der Waals surface area contributed by atoms with Gasteiger partial charge in [0.25, 0.3) is 5.91 Å². The summed E-state index contributed by atoms with van der Waals surface area (Å²) in [6, 6.07) is 4.21. The fourth-order valence-corrected chi connectivity index (χ4v) is 1.81. The zero-order chi connectivity index (χ0) is 13.9. The smallest absolute Gasteiger partial charge is 0.251 e. The molecule has 0 saturated carbocycles. The Morgan fingerprint density at radius 2 is 1.83 bits per heavy atom. The van der Waals surface area contributed by atoms with Gasteiger partial charge in [0, 0.05) is 6.54 Å². The van der Waals surface area contributed by atoms with Gasteiger partial charge in [0.1, 0.15) is 5.60 Å². The van der Waals surface area contributed by atoms with Gasteiger partial charge in [-0.25, -0.2) is 0 Å². The second-order valence-electron chi connectivity index (χ2n) is 5.36. The summed E-state index contributed by atoms with van der Waals surface area (Å²) in [5.74, 6) is -0.330. The van der Waals surface area contributed by atoms with Gasteiger partial charge in [-0.05, 0) is 63.3 Å². The van der Waals surface area contributed by atoms with Crippen LogP contribution in [0.3, 0.4) is 0 Å². The predicted molar refractivity (Wildman–Crippen MR) is 73.7 cm³/mol. The third-order valence-corrected chi connectivity index (χ3v) is 3.41. The van der Waals surface area contributed by atoms with Crippen LogP contribution in [0, 0.1) is 20.8 Å². The molecule has 0 heterocycles. The summed E-state index contributed by atoms with van der Waals surface area (Å²) in [5, 5.41) is 12.2. The number of hydrogen-bond donors (Lipinski definition) is 2. The number of hydrogen-bond acceptors (Lipinski definition) is 2. The van der Waals surface area contributed by atoms with E-state index in [2.05, 4.69) is 38.2 Å². The van der Waals surface area contributed by atoms with Gasteiger partial charge in [-0.1, -0.05) is 12.1 Å². The molecule has 0 aromatic heterocycles. The third kappa shape index (κ3) is 3.57. The van der Waals surface area contributed by atoms with Gasteiger partial charge in [-0.3, -0.25) is 4.79 Å². The number of carbonyl (C=O) groups is 1. The molecular weight excluding hydrogens is 226 g/mol. The lowest BCUT2D eigenvalue weighted by molar-refractivity contribution is -0.136. The molecule has 0 radical (unpaired) electrons. The molecule has 1 amide bonds.